The average Bonchev–Trinajstić information content (AvgIpc) is 2.73. The predicted molar refractivity (Wildman–Crippen MR) is 115 cm³/mol. The molecule has 1 saturated heterocycles. The summed E-state index contributed by atoms with van der Waals surface area (Å²) in [5, 5.41) is 0.446. The number of benzene rings is 2. The molecule has 0 aromatic heterocycles. The number of hydrogen-bond acceptors (Lipinski definition) is 3. The summed E-state index contributed by atoms with van der Waals surface area (Å²) >= 11 is 6.14. The molecule has 2 aromatic rings. The van der Waals surface area contributed by atoms with Gasteiger partial charge in [0.1, 0.15) is 5.75 Å². The lowest BCUT2D eigenvalue weighted by atomic mass is 10.0. The van der Waals surface area contributed by atoms with Crippen LogP contribution >= 0.6 is 11.6 Å². The second kappa shape index (κ2) is 9.31. The van der Waals surface area contributed by atoms with Gasteiger partial charge in [-0.3, -0.25) is 9.59 Å². The van der Waals surface area contributed by atoms with Gasteiger partial charge in [-0.15, -0.1) is 0 Å². The molecule has 29 heavy (non-hydrogen) atoms. The van der Waals surface area contributed by atoms with E-state index >= 15 is 0 Å². The summed E-state index contributed by atoms with van der Waals surface area (Å²) in [4.78, 5) is 29.1. The van der Waals surface area contributed by atoms with Gasteiger partial charge >= 0.3 is 0 Å². The van der Waals surface area contributed by atoms with E-state index in [-0.39, 0.29) is 11.8 Å². The highest BCUT2D eigenvalue weighted by Gasteiger charge is 2.29. The highest BCUT2D eigenvalue weighted by atomic mass is 35.5. The summed E-state index contributed by atoms with van der Waals surface area (Å²) in [6.07, 6.45) is -0.583. The topological polar surface area (TPSA) is 49.9 Å². The van der Waals surface area contributed by atoms with Crippen LogP contribution < -0.4 is 4.74 Å². The van der Waals surface area contributed by atoms with Crippen LogP contribution in [0, 0.1) is 0 Å². The molecule has 3 rings (SSSR count). The number of carbonyl (C=O) groups is 2. The van der Waals surface area contributed by atoms with E-state index in [1.807, 2.05) is 24.3 Å². The van der Waals surface area contributed by atoms with Crippen LogP contribution in [0.3, 0.4) is 0 Å². The Kier molecular flexibility index (Phi) is 6.80. The predicted octanol–water partition coefficient (Wildman–Crippen LogP) is 4.22. The van der Waals surface area contributed by atoms with Gasteiger partial charge in [0.05, 0.1) is 10.6 Å². The van der Waals surface area contributed by atoms with Crippen LogP contribution in [0.1, 0.15) is 42.6 Å². The lowest BCUT2D eigenvalue weighted by Crippen LogP contribution is -2.53. The van der Waals surface area contributed by atoms with Crippen molar-refractivity contribution in [3.63, 3.8) is 0 Å². The fourth-order valence-electron chi connectivity index (χ4n) is 3.50. The fraction of sp³-hybridized carbons (Fsp3) is 0.391. The first kappa shape index (κ1) is 21.2. The molecule has 6 heteroatoms. The Balaban J connectivity index is 1.59. The second-order valence-electron chi connectivity index (χ2n) is 7.55. The molecule has 5 nitrogen and oxygen atoms in total. The van der Waals surface area contributed by atoms with Crippen molar-refractivity contribution in [2.75, 3.05) is 26.2 Å². The molecule has 2 aromatic carbocycles. The van der Waals surface area contributed by atoms with Crippen molar-refractivity contribution in [3.05, 3.63) is 64.7 Å². The van der Waals surface area contributed by atoms with Crippen LogP contribution in [0.15, 0.2) is 48.5 Å². The highest BCUT2D eigenvalue weighted by Crippen LogP contribution is 2.27. The molecule has 154 valence electrons. The monoisotopic (exact) mass is 414 g/mol. The fourth-order valence-corrected chi connectivity index (χ4v) is 3.71. The maximum atomic E-state index is 12.9. The molecule has 1 heterocycles. The Labute approximate surface area is 177 Å². The third-order valence-electron chi connectivity index (χ3n) is 5.18. The van der Waals surface area contributed by atoms with Crippen LogP contribution in [0.5, 0.6) is 5.75 Å². The van der Waals surface area contributed by atoms with Crippen molar-refractivity contribution in [3.8, 4) is 5.75 Å². The van der Waals surface area contributed by atoms with E-state index in [1.165, 1.54) is 0 Å². The van der Waals surface area contributed by atoms with Crippen molar-refractivity contribution < 1.29 is 14.3 Å². The maximum Gasteiger partial charge on any atom is 0.263 e. The molecule has 0 spiro atoms. The molecule has 1 atom stereocenters. The Morgan fingerprint density at radius 1 is 0.897 bits per heavy atom. The minimum absolute atomic E-state index is 0.0617. The Bertz CT molecular complexity index is 876. The van der Waals surface area contributed by atoms with E-state index in [2.05, 4.69) is 13.8 Å². The Hall–Kier alpha value is -2.53. The SMILES string of the molecule is CC(Oc1ccccc1C(C)C)C(=O)N1CCN(C(=O)c2ccccc2Cl)CC1. The summed E-state index contributed by atoms with van der Waals surface area (Å²) < 4.78 is 5.99. The van der Waals surface area contributed by atoms with E-state index in [9.17, 15) is 9.59 Å². The lowest BCUT2D eigenvalue weighted by molar-refractivity contribution is -0.139. The highest BCUT2D eigenvalue weighted by molar-refractivity contribution is 6.33. The van der Waals surface area contributed by atoms with Crippen molar-refractivity contribution in [2.24, 2.45) is 0 Å². The minimum Gasteiger partial charge on any atom is -0.481 e. The molecule has 0 N–H and O–H groups in total. The van der Waals surface area contributed by atoms with Crippen LogP contribution in [0.2, 0.25) is 5.02 Å². The van der Waals surface area contributed by atoms with Crippen LogP contribution in [-0.4, -0.2) is 53.9 Å². The molecule has 1 unspecified atom stereocenters. The number of ether oxygens (including phenoxy) is 1. The molecule has 0 bridgehead atoms. The molecule has 0 radical (unpaired) electrons. The van der Waals surface area contributed by atoms with Crippen molar-refractivity contribution in [1.29, 1.82) is 0 Å². The van der Waals surface area contributed by atoms with Gasteiger partial charge in [-0.2, -0.15) is 0 Å². The quantitative estimate of drug-likeness (QED) is 0.736. The molecule has 1 aliphatic rings. The number of nitrogens with zero attached hydrogens (tertiary/aromatic N) is 2. The van der Waals surface area contributed by atoms with Gasteiger partial charge in [0.25, 0.3) is 11.8 Å². The minimum atomic E-state index is -0.583. The van der Waals surface area contributed by atoms with Gasteiger partial charge in [0.15, 0.2) is 6.10 Å². The molecular formula is C23H27ClN2O3. The van der Waals surface area contributed by atoms with Crippen molar-refractivity contribution in [2.45, 2.75) is 32.8 Å². The summed E-state index contributed by atoms with van der Waals surface area (Å²) in [5.74, 6) is 0.898. The number of rotatable bonds is 5. The molecule has 0 aliphatic carbocycles. The van der Waals surface area contributed by atoms with E-state index in [0.29, 0.717) is 42.7 Å². The number of piperazine rings is 1. The average molecular weight is 415 g/mol. The zero-order chi connectivity index (χ0) is 21.0. The zero-order valence-electron chi connectivity index (χ0n) is 17.1. The summed E-state index contributed by atoms with van der Waals surface area (Å²) in [5.41, 5.74) is 1.58. The van der Waals surface area contributed by atoms with Crippen molar-refractivity contribution in [1.82, 2.24) is 9.80 Å². The van der Waals surface area contributed by atoms with Gasteiger partial charge in [-0.25, -0.2) is 0 Å². The number of para-hydroxylation sites is 1. The number of amides is 2. The van der Waals surface area contributed by atoms with E-state index in [1.54, 1.807) is 41.0 Å². The molecule has 1 fully saturated rings. The van der Waals surface area contributed by atoms with Crippen LogP contribution in [0.4, 0.5) is 0 Å². The normalized spacial score (nSPS) is 15.3. The first-order valence-electron chi connectivity index (χ1n) is 9.96. The first-order chi connectivity index (χ1) is 13.9. The van der Waals surface area contributed by atoms with E-state index < -0.39 is 6.10 Å². The summed E-state index contributed by atoms with van der Waals surface area (Å²) in [6.45, 7) is 7.90. The zero-order valence-corrected chi connectivity index (χ0v) is 17.9. The van der Waals surface area contributed by atoms with Gasteiger partial charge in [-0.05, 0) is 36.6 Å². The molecule has 1 aliphatic heterocycles. The lowest BCUT2D eigenvalue weighted by Gasteiger charge is -2.36. The van der Waals surface area contributed by atoms with Gasteiger partial charge in [-0.1, -0.05) is 55.8 Å². The number of carbonyl (C=O) groups excluding carboxylic acids is 2. The van der Waals surface area contributed by atoms with E-state index in [0.717, 1.165) is 11.3 Å². The van der Waals surface area contributed by atoms with Crippen LogP contribution in [0.25, 0.3) is 0 Å². The van der Waals surface area contributed by atoms with E-state index in [4.69, 9.17) is 16.3 Å². The smallest absolute Gasteiger partial charge is 0.263 e. The summed E-state index contributed by atoms with van der Waals surface area (Å²) in [7, 11) is 0. The number of halogens is 1. The standard InChI is InChI=1S/C23H27ClN2O3/c1-16(2)18-8-5-7-11-21(18)29-17(3)22(27)25-12-14-26(15-13-25)23(28)19-9-4-6-10-20(19)24/h4-11,16-17H,12-15H2,1-3H3. The van der Waals surface area contributed by atoms with Crippen LogP contribution in [-0.2, 0) is 4.79 Å². The largest absolute Gasteiger partial charge is 0.481 e. The second-order valence-corrected chi connectivity index (χ2v) is 7.96. The third-order valence-corrected chi connectivity index (χ3v) is 5.50. The third kappa shape index (κ3) is 4.91. The van der Waals surface area contributed by atoms with Gasteiger partial charge < -0.3 is 14.5 Å². The van der Waals surface area contributed by atoms with Gasteiger partial charge in [0, 0.05) is 26.2 Å². The Morgan fingerprint density at radius 3 is 2.14 bits per heavy atom. The Morgan fingerprint density at radius 2 is 1.48 bits per heavy atom. The van der Waals surface area contributed by atoms with Gasteiger partial charge in [0.2, 0.25) is 0 Å². The summed E-state index contributed by atoms with van der Waals surface area (Å²) in [6, 6.07) is 14.9. The number of hydrogen-bond donors (Lipinski definition) is 0. The molecule has 0 saturated carbocycles. The molecule has 2 amide bonds. The first-order valence-corrected chi connectivity index (χ1v) is 10.3. The van der Waals surface area contributed by atoms with Crippen molar-refractivity contribution >= 4 is 23.4 Å². The maximum absolute atomic E-state index is 12.9. The molecular weight excluding hydrogens is 388 g/mol.